The monoisotopic (exact) mass is 303 g/mol. The van der Waals surface area contributed by atoms with Crippen molar-refractivity contribution in [1.82, 2.24) is 0 Å². The van der Waals surface area contributed by atoms with Gasteiger partial charge in [0.2, 0.25) is 0 Å². The highest BCUT2D eigenvalue weighted by Gasteiger charge is 2.25. The van der Waals surface area contributed by atoms with Gasteiger partial charge < -0.3 is 5.73 Å². The van der Waals surface area contributed by atoms with Crippen LogP contribution in [0.5, 0.6) is 0 Å². The molecule has 0 radical (unpaired) electrons. The average Bonchev–Trinajstić information content (AvgIpc) is 2.29. The summed E-state index contributed by atoms with van der Waals surface area (Å²) < 4.78 is 1.02. The third-order valence-electron chi connectivity index (χ3n) is 3.51. The number of hydrogen-bond donors (Lipinski definition) is 1. The Balaban J connectivity index is 2.93. The molecule has 0 heterocycles. The Hall–Kier alpha value is -0.0500. The van der Waals surface area contributed by atoms with Crippen LogP contribution in [0.15, 0.2) is 22.7 Å². The van der Waals surface area contributed by atoms with Gasteiger partial charge >= 0.3 is 0 Å². The summed E-state index contributed by atoms with van der Waals surface area (Å²) in [6, 6.07) is 6.07. The molecular formula is C13H19BrClN. The molecule has 0 saturated carbocycles. The van der Waals surface area contributed by atoms with Crippen molar-refractivity contribution in [2.75, 3.05) is 6.54 Å². The van der Waals surface area contributed by atoms with Crippen LogP contribution in [-0.4, -0.2) is 6.54 Å². The molecule has 90 valence electrons. The normalized spacial score (nSPS) is 11.8. The van der Waals surface area contributed by atoms with E-state index < -0.39 is 0 Å². The van der Waals surface area contributed by atoms with Gasteiger partial charge in [-0.05, 0) is 48.9 Å². The molecular weight excluding hydrogens is 286 g/mol. The average molecular weight is 305 g/mol. The molecule has 3 heteroatoms. The first-order chi connectivity index (χ1) is 7.56. The van der Waals surface area contributed by atoms with Crippen LogP contribution in [0.4, 0.5) is 0 Å². The first kappa shape index (κ1) is 14.0. The molecule has 0 aliphatic rings. The third kappa shape index (κ3) is 3.22. The summed E-state index contributed by atoms with van der Waals surface area (Å²) in [4.78, 5) is 0. The van der Waals surface area contributed by atoms with Crippen molar-refractivity contribution in [3.63, 3.8) is 0 Å². The lowest BCUT2D eigenvalue weighted by atomic mass is 9.77. The Kier molecular flexibility index (Phi) is 5.29. The molecule has 2 N–H and O–H groups in total. The number of benzene rings is 1. The molecule has 0 spiro atoms. The molecule has 0 aliphatic heterocycles. The molecule has 0 aliphatic carbocycles. The van der Waals surface area contributed by atoms with E-state index in [0.717, 1.165) is 28.8 Å². The second-order valence-electron chi connectivity index (χ2n) is 4.32. The van der Waals surface area contributed by atoms with Crippen LogP contribution in [0.2, 0.25) is 5.02 Å². The lowest BCUT2D eigenvalue weighted by molar-refractivity contribution is 0.271. The molecule has 0 aromatic heterocycles. The van der Waals surface area contributed by atoms with Gasteiger partial charge in [0, 0.05) is 9.50 Å². The quantitative estimate of drug-likeness (QED) is 0.856. The lowest BCUT2D eigenvalue weighted by Gasteiger charge is -2.30. The van der Waals surface area contributed by atoms with Gasteiger partial charge in [0.05, 0.1) is 0 Å². The van der Waals surface area contributed by atoms with E-state index in [2.05, 4.69) is 35.8 Å². The summed E-state index contributed by atoms with van der Waals surface area (Å²) in [6.45, 7) is 5.11. The maximum atomic E-state index is 6.24. The van der Waals surface area contributed by atoms with Crippen LogP contribution in [0.3, 0.4) is 0 Å². The van der Waals surface area contributed by atoms with Gasteiger partial charge in [0.1, 0.15) is 0 Å². The summed E-state index contributed by atoms with van der Waals surface area (Å²) in [5.74, 6) is 0. The molecule has 1 aromatic carbocycles. The van der Waals surface area contributed by atoms with Crippen molar-refractivity contribution < 1.29 is 0 Å². The second kappa shape index (κ2) is 6.04. The fourth-order valence-corrected chi connectivity index (χ4v) is 2.67. The molecule has 0 fully saturated rings. The standard InChI is InChI=1S/C13H19BrClN/c1-3-13(4-2,9-16)8-10-5-6-11(14)7-12(10)15/h5-7H,3-4,8-9,16H2,1-2H3. The molecule has 0 amide bonds. The first-order valence-electron chi connectivity index (χ1n) is 5.71. The van der Waals surface area contributed by atoms with Crippen molar-refractivity contribution >= 4 is 27.5 Å². The minimum Gasteiger partial charge on any atom is -0.330 e. The summed E-state index contributed by atoms with van der Waals surface area (Å²) in [5, 5.41) is 0.828. The highest BCUT2D eigenvalue weighted by molar-refractivity contribution is 9.10. The highest BCUT2D eigenvalue weighted by Crippen LogP contribution is 2.33. The Morgan fingerprint density at radius 2 is 1.94 bits per heavy atom. The molecule has 0 unspecified atom stereocenters. The molecule has 0 atom stereocenters. The van der Waals surface area contributed by atoms with Crippen LogP contribution >= 0.6 is 27.5 Å². The van der Waals surface area contributed by atoms with E-state index >= 15 is 0 Å². The Morgan fingerprint density at radius 1 is 1.31 bits per heavy atom. The summed E-state index contributed by atoms with van der Waals surface area (Å²) >= 11 is 9.65. The molecule has 1 rings (SSSR count). The van der Waals surface area contributed by atoms with E-state index in [0.29, 0.717) is 6.54 Å². The molecule has 1 aromatic rings. The van der Waals surface area contributed by atoms with E-state index in [1.165, 1.54) is 5.56 Å². The van der Waals surface area contributed by atoms with E-state index in [4.69, 9.17) is 17.3 Å². The van der Waals surface area contributed by atoms with E-state index in [-0.39, 0.29) is 5.41 Å². The summed E-state index contributed by atoms with van der Waals surface area (Å²) in [6.07, 6.45) is 3.14. The fraction of sp³-hybridized carbons (Fsp3) is 0.538. The van der Waals surface area contributed by atoms with Crippen LogP contribution in [0.25, 0.3) is 0 Å². The van der Waals surface area contributed by atoms with Gasteiger partial charge in [-0.15, -0.1) is 0 Å². The minimum atomic E-state index is 0.192. The van der Waals surface area contributed by atoms with Crippen molar-refractivity contribution in [3.05, 3.63) is 33.3 Å². The molecule has 0 bridgehead atoms. The van der Waals surface area contributed by atoms with E-state index in [1.54, 1.807) is 0 Å². The molecule has 1 nitrogen and oxygen atoms in total. The number of hydrogen-bond acceptors (Lipinski definition) is 1. The highest BCUT2D eigenvalue weighted by atomic mass is 79.9. The summed E-state index contributed by atoms with van der Waals surface area (Å²) in [5.41, 5.74) is 7.29. The van der Waals surface area contributed by atoms with Crippen LogP contribution in [0.1, 0.15) is 32.3 Å². The predicted molar refractivity (Wildman–Crippen MR) is 74.9 cm³/mol. The fourth-order valence-electron chi connectivity index (χ4n) is 1.93. The Morgan fingerprint density at radius 3 is 2.38 bits per heavy atom. The second-order valence-corrected chi connectivity index (χ2v) is 5.65. The van der Waals surface area contributed by atoms with Gasteiger partial charge in [-0.25, -0.2) is 0 Å². The number of nitrogens with two attached hydrogens (primary N) is 1. The zero-order chi connectivity index (χ0) is 12.2. The Labute approximate surface area is 111 Å². The van der Waals surface area contributed by atoms with Gasteiger partial charge in [0.25, 0.3) is 0 Å². The minimum absolute atomic E-state index is 0.192. The van der Waals surface area contributed by atoms with Gasteiger partial charge in [0.15, 0.2) is 0 Å². The van der Waals surface area contributed by atoms with E-state index in [1.807, 2.05) is 12.1 Å². The maximum Gasteiger partial charge on any atom is 0.0449 e. The summed E-state index contributed by atoms with van der Waals surface area (Å²) in [7, 11) is 0. The van der Waals surface area contributed by atoms with Crippen molar-refractivity contribution in [2.24, 2.45) is 11.1 Å². The van der Waals surface area contributed by atoms with Crippen LogP contribution < -0.4 is 5.73 Å². The number of halogens is 2. The molecule has 0 saturated heterocycles. The van der Waals surface area contributed by atoms with Crippen molar-refractivity contribution in [2.45, 2.75) is 33.1 Å². The topological polar surface area (TPSA) is 26.0 Å². The van der Waals surface area contributed by atoms with Crippen LogP contribution in [0, 0.1) is 5.41 Å². The van der Waals surface area contributed by atoms with Gasteiger partial charge in [-0.1, -0.05) is 47.4 Å². The zero-order valence-electron chi connectivity index (χ0n) is 9.89. The largest absolute Gasteiger partial charge is 0.330 e. The van der Waals surface area contributed by atoms with E-state index in [9.17, 15) is 0 Å². The first-order valence-corrected chi connectivity index (χ1v) is 6.88. The lowest BCUT2D eigenvalue weighted by Crippen LogP contribution is -2.31. The van der Waals surface area contributed by atoms with Gasteiger partial charge in [-0.2, -0.15) is 0 Å². The van der Waals surface area contributed by atoms with Crippen molar-refractivity contribution in [3.8, 4) is 0 Å². The number of rotatable bonds is 5. The van der Waals surface area contributed by atoms with Crippen molar-refractivity contribution in [1.29, 1.82) is 0 Å². The predicted octanol–water partition coefficient (Wildman–Crippen LogP) is 4.41. The SMILES string of the molecule is CCC(CC)(CN)Cc1ccc(Br)cc1Cl. The molecule has 16 heavy (non-hydrogen) atoms. The van der Waals surface area contributed by atoms with Gasteiger partial charge in [-0.3, -0.25) is 0 Å². The van der Waals surface area contributed by atoms with Crippen LogP contribution in [-0.2, 0) is 6.42 Å². The zero-order valence-corrected chi connectivity index (χ0v) is 12.2. The third-order valence-corrected chi connectivity index (χ3v) is 4.36. The maximum absolute atomic E-state index is 6.24. The smallest absolute Gasteiger partial charge is 0.0449 e. The Bertz CT molecular complexity index is 340.